The number of urea groups is 1. The maximum atomic E-state index is 13.0. The van der Waals surface area contributed by atoms with Gasteiger partial charge < -0.3 is 29.7 Å². The Morgan fingerprint density at radius 2 is 1.81 bits per heavy atom. The molecule has 0 aliphatic carbocycles. The van der Waals surface area contributed by atoms with Crippen LogP contribution in [0.25, 0.3) is 0 Å². The number of nitrogens with zero attached hydrogens (tertiary/aromatic N) is 1. The van der Waals surface area contributed by atoms with Crippen molar-refractivity contribution < 1.29 is 23.8 Å². The van der Waals surface area contributed by atoms with Crippen LogP contribution in [0.15, 0.2) is 42.5 Å². The second-order valence-corrected chi connectivity index (χ2v) is 8.12. The molecule has 2 aromatic rings. The lowest BCUT2D eigenvalue weighted by atomic mass is 9.81. The fourth-order valence-corrected chi connectivity index (χ4v) is 3.89. The molecule has 1 heterocycles. The number of nitrogens with one attached hydrogen (secondary N) is 2. The minimum Gasteiger partial charge on any atom is -0.497 e. The summed E-state index contributed by atoms with van der Waals surface area (Å²) in [6.45, 7) is 3.25. The number of amides is 3. The molecule has 2 aromatic carbocycles. The van der Waals surface area contributed by atoms with Crippen LogP contribution < -0.4 is 24.8 Å². The van der Waals surface area contributed by atoms with Crippen LogP contribution >= 0.6 is 0 Å². The number of carbonyl (C=O) groups is 2. The second kappa shape index (κ2) is 10.3. The molecule has 1 fully saturated rings. The van der Waals surface area contributed by atoms with Crippen LogP contribution in [-0.4, -0.2) is 51.3 Å². The first kappa shape index (κ1) is 23.2. The van der Waals surface area contributed by atoms with Gasteiger partial charge in [-0.3, -0.25) is 4.79 Å². The van der Waals surface area contributed by atoms with Gasteiger partial charge in [0.15, 0.2) is 11.5 Å². The van der Waals surface area contributed by atoms with E-state index in [1.54, 1.807) is 44.4 Å². The third-order valence-electron chi connectivity index (χ3n) is 5.75. The highest BCUT2D eigenvalue weighted by atomic mass is 16.5. The van der Waals surface area contributed by atoms with Gasteiger partial charge in [-0.25, -0.2) is 4.79 Å². The number of methoxy groups -OCH3 is 3. The third kappa shape index (κ3) is 5.43. The van der Waals surface area contributed by atoms with Crippen LogP contribution in [0.3, 0.4) is 0 Å². The van der Waals surface area contributed by atoms with E-state index in [0.29, 0.717) is 36.8 Å². The summed E-state index contributed by atoms with van der Waals surface area (Å²) < 4.78 is 15.8. The summed E-state index contributed by atoms with van der Waals surface area (Å²) in [7, 11) is 4.72. The maximum Gasteiger partial charge on any atom is 0.321 e. The summed E-state index contributed by atoms with van der Waals surface area (Å²) in [6.07, 6.45) is 1.47. The van der Waals surface area contributed by atoms with Crippen molar-refractivity contribution in [1.29, 1.82) is 0 Å². The number of benzene rings is 2. The fourth-order valence-electron chi connectivity index (χ4n) is 3.89. The highest BCUT2D eigenvalue weighted by Crippen LogP contribution is 2.32. The molecule has 0 spiro atoms. The Kier molecular flexibility index (Phi) is 7.45. The molecular formula is C24H31N3O5. The predicted octanol–water partition coefficient (Wildman–Crippen LogP) is 3.66. The maximum absolute atomic E-state index is 13.0. The molecular weight excluding hydrogens is 410 g/mol. The number of anilines is 1. The van der Waals surface area contributed by atoms with Crippen LogP contribution in [-0.2, 0) is 11.3 Å². The summed E-state index contributed by atoms with van der Waals surface area (Å²) in [5.41, 5.74) is 0.897. The molecule has 8 heteroatoms. The first-order valence-corrected chi connectivity index (χ1v) is 10.6. The van der Waals surface area contributed by atoms with Crippen LogP contribution in [0.1, 0.15) is 25.3 Å². The third-order valence-corrected chi connectivity index (χ3v) is 5.75. The van der Waals surface area contributed by atoms with Crippen molar-refractivity contribution in [3.8, 4) is 17.2 Å². The Balaban J connectivity index is 1.61. The lowest BCUT2D eigenvalue weighted by Crippen LogP contribution is -2.52. The average Bonchev–Trinajstić information content (AvgIpc) is 2.82. The van der Waals surface area contributed by atoms with Gasteiger partial charge in [-0.05, 0) is 49.6 Å². The van der Waals surface area contributed by atoms with Gasteiger partial charge in [0.2, 0.25) is 5.91 Å². The van der Waals surface area contributed by atoms with E-state index in [2.05, 4.69) is 10.6 Å². The van der Waals surface area contributed by atoms with Gasteiger partial charge in [-0.2, -0.15) is 0 Å². The van der Waals surface area contributed by atoms with Gasteiger partial charge in [0.1, 0.15) is 5.75 Å². The fraction of sp³-hybridized carbons (Fsp3) is 0.417. The summed E-state index contributed by atoms with van der Waals surface area (Å²) in [5, 5.41) is 5.90. The quantitative estimate of drug-likeness (QED) is 0.685. The van der Waals surface area contributed by atoms with Gasteiger partial charge in [-0.1, -0.05) is 12.1 Å². The zero-order chi connectivity index (χ0) is 23.1. The molecule has 32 heavy (non-hydrogen) atoms. The lowest BCUT2D eigenvalue weighted by molar-refractivity contribution is -0.132. The van der Waals surface area contributed by atoms with Crippen LogP contribution in [0.2, 0.25) is 0 Å². The summed E-state index contributed by atoms with van der Waals surface area (Å²) >= 11 is 0. The first-order valence-electron chi connectivity index (χ1n) is 10.6. The Morgan fingerprint density at radius 3 is 2.53 bits per heavy atom. The van der Waals surface area contributed by atoms with Crippen molar-refractivity contribution in [2.75, 3.05) is 39.7 Å². The van der Waals surface area contributed by atoms with Crippen LogP contribution in [0.5, 0.6) is 17.2 Å². The standard InChI is InChI=1S/C24H31N3O5/c1-24(22(28)25-15-17-7-5-8-19(13-17)30-2)11-6-12-27(16-24)23(29)26-18-9-10-20(31-3)21(14-18)32-4/h5,7-10,13-14H,6,11-12,15-16H2,1-4H3,(H,25,28)(H,26,29)/t24-/m0/s1. The molecule has 0 radical (unpaired) electrons. The van der Waals surface area contributed by atoms with Crippen molar-refractivity contribution in [2.24, 2.45) is 5.41 Å². The first-order chi connectivity index (χ1) is 15.4. The van der Waals surface area contributed by atoms with E-state index < -0.39 is 5.41 Å². The minimum atomic E-state index is -0.661. The van der Waals surface area contributed by atoms with Gasteiger partial charge in [0, 0.05) is 31.4 Å². The number of ether oxygens (including phenoxy) is 3. The summed E-state index contributed by atoms with van der Waals surface area (Å²) in [5.74, 6) is 1.80. The second-order valence-electron chi connectivity index (χ2n) is 8.12. The van der Waals surface area contributed by atoms with Crippen molar-refractivity contribution in [1.82, 2.24) is 10.2 Å². The Labute approximate surface area is 188 Å². The molecule has 3 amide bonds. The lowest BCUT2D eigenvalue weighted by Gasteiger charge is -2.39. The van der Waals surface area contributed by atoms with E-state index >= 15 is 0 Å². The zero-order valence-electron chi connectivity index (χ0n) is 19.1. The van der Waals surface area contributed by atoms with E-state index in [1.165, 1.54) is 0 Å². The van der Waals surface area contributed by atoms with Crippen LogP contribution in [0.4, 0.5) is 10.5 Å². The normalized spacial score (nSPS) is 17.9. The smallest absolute Gasteiger partial charge is 0.321 e. The molecule has 0 saturated carbocycles. The van der Waals surface area contributed by atoms with E-state index in [-0.39, 0.29) is 11.9 Å². The number of rotatable bonds is 7. The number of hydrogen-bond acceptors (Lipinski definition) is 5. The molecule has 172 valence electrons. The Morgan fingerprint density at radius 1 is 1.03 bits per heavy atom. The van der Waals surface area contributed by atoms with E-state index in [0.717, 1.165) is 24.2 Å². The van der Waals surface area contributed by atoms with E-state index in [9.17, 15) is 9.59 Å². The molecule has 8 nitrogen and oxygen atoms in total. The van der Waals surface area contributed by atoms with Gasteiger partial charge in [0.05, 0.1) is 26.7 Å². The van der Waals surface area contributed by atoms with Gasteiger partial charge in [-0.15, -0.1) is 0 Å². The van der Waals surface area contributed by atoms with Gasteiger partial charge in [0.25, 0.3) is 0 Å². The summed E-state index contributed by atoms with van der Waals surface area (Å²) in [4.78, 5) is 27.6. The van der Waals surface area contributed by atoms with Crippen molar-refractivity contribution >= 4 is 17.6 Å². The molecule has 0 aromatic heterocycles. The highest BCUT2D eigenvalue weighted by Gasteiger charge is 2.39. The van der Waals surface area contributed by atoms with Crippen molar-refractivity contribution in [2.45, 2.75) is 26.3 Å². The van der Waals surface area contributed by atoms with Crippen molar-refractivity contribution in [3.05, 3.63) is 48.0 Å². The zero-order valence-corrected chi connectivity index (χ0v) is 19.1. The Hall–Kier alpha value is -3.42. The molecule has 1 saturated heterocycles. The van der Waals surface area contributed by atoms with E-state index in [4.69, 9.17) is 14.2 Å². The average molecular weight is 442 g/mol. The number of piperidine rings is 1. The minimum absolute atomic E-state index is 0.0658. The molecule has 1 aliphatic heterocycles. The SMILES string of the molecule is COc1cccc(CNC(=O)[C@@]2(C)CCCN(C(=O)Nc3ccc(OC)c(OC)c3)C2)c1. The van der Waals surface area contributed by atoms with Crippen LogP contribution in [0, 0.1) is 5.41 Å². The molecule has 2 N–H and O–H groups in total. The molecule has 3 rings (SSSR count). The van der Waals surface area contributed by atoms with Gasteiger partial charge >= 0.3 is 6.03 Å². The predicted molar refractivity (Wildman–Crippen MR) is 122 cm³/mol. The van der Waals surface area contributed by atoms with E-state index in [1.807, 2.05) is 31.2 Å². The Bertz CT molecular complexity index is 964. The molecule has 1 atom stereocenters. The molecule has 0 bridgehead atoms. The molecule has 0 unspecified atom stereocenters. The number of carbonyl (C=O) groups excluding carboxylic acids is 2. The monoisotopic (exact) mass is 441 g/mol. The summed E-state index contributed by atoms with van der Waals surface area (Å²) in [6, 6.07) is 12.5. The van der Waals surface area contributed by atoms with Crippen molar-refractivity contribution in [3.63, 3.8) is 0 Å². The topological polar surface area (TPSA) is 89.1 Å². The number of likely N-dealkylation sites (tertiary alicyclic amines) is 1. The number of hydrogen-bond donors (Lipinski definition) is 2. The largest absolute Gasteiger partial charge is 0.497 e. The highest BCUT2D eigenvalue weighted by molar-refractivity contribution is 5.91. The molecule has 1 aliphatic rings.